The van der Waals surface area contributed by atoms with Gasteiger partial charge in [-0.3, -0.25) is 0 Å². The minimum absolute atomic E-state index is 0.0156. The molecule has 7 atom stereocenters. The van der Waals surface area contributed by atoms with Crippen LogP contribution in [0.15, 0.2) is 46.6 Å². The van der Waals surface area contributed by atoms with Crippen molar-refractivity contribution in [2.75, 3.05) is 33.4 Å². The van der Waals surface area contributed by atoms with Crippen LogP contribution in [0.3, 0.4) is 0 Å². The van der Waals surface area contributed by atoms with Crippen LogP contribution in [-0.2, 0) is 6.42 Å². The molecule has 0 spiro atoms. The highest BCUT2D eigenvalue weighted by atomic mass is 16.5. The van der Waals surface area contributed by atoms with E-state index in [-0.39, 0.29) is 37.0 Å². The van der Waals surface area contributed by atoms with Gasteiger partial charge in [0.2, 0.25) is 5.70 Å². The number of aromatic hydroxyl groups is 1. The first-order valence-corrected chi connectivity index (χ1v) is 17.5. The fourth-order valence-corrected chi connectivity index (χ4v) is 7.91. The van der Waals surface area contributed by atoms with Crippen LogP contribution in [0.2, 0.25) is 0 Å². The lowest BCUT2D eigenvalue weighted by Gasteiger charge is -2.33. The molecule has 4 aliphatic rings. The van der Waals surface area contributed by atoms with Gasteiger partial charge in [-0.15, -0.1) is 16.6 Å². The van der Waals surface area contributed by atoms with Crippen LogP contribution in [0.4, 0.5) is 0 Å². The molecule has 2 fully saturated rings. The van der Waals surface area contributed by atoms with E-state index in [0.717, 1.165) is 74.4 Å². The zero-order chi connectivity index (χ0) is 32.6. The molecule has 9 nitrogen and oxygen atoms in total. The van der Waals surface area contributed by atoms with Gasteiger partial charge in [0, 0.05) is 38.6 Å². The molecule has 0 saturated heterocycles. The third kappa shape index (κ3) is 8.48. The number of hydrogen-bond donors (Lipinski definition) is 6. The number of unbranched alkanes of at least 4 members (excludes halogenated alkanes) is 1. The topological polar surface area (TPSA) is 139 Å². The van der Waals surface area contributed by atoms with Crippen molar-refractivity contribution in [1.82, 2.24) is 10.6 Å². The molecule has 0 aromatic heterocycles. The fourth-order valence-electron chi connectivity index (χ4n) is 7.91. The predicted octanol–water partition coefficient (Wildman–Crippen LogP) is 3.91. The summed E-state index contributed by atoms with van der Waals surface area (Å²) in [6.07, 6.45) is 14.2. The maximum atomic E-state index is 11.3. The molecule has 1 aromatic rings. The van der Waals surface area contributed by atoms with Gasteiger partial charge >= 0.3 is 0 Å². The predicted molar refractivity (Wildman–Crippen MR) is 182 cm³/mol. The molecule has 0 bridgehead atoms. The maximum absolute atomic E-state index is 11.3. The molecule has 2 saturated carbocycles. The number of aryl methyl sites for hydroxylation is 1. The number of rotatable bonds is 17. The molecule has 5 rings (SSSR count). The molecular weight excluding hydrogens is 582 g/mol. The van der Waals surface area contributed by atoms with Crippen molar-refractivity contribution in [3.8, 4) is 11.5 Å². The normalized spacial score (nSPS) is 26.2. The summed E-state index contributed by atoms with van der Waals surface area (Å²) in [5.41, 5.74) is 3.69. The summed E-state index contributed by atoms with van der Waals surface area (Å²) in [5.74, 6) is 3.07. The van der Waals surface area contributed by atoms with E-state index in [9.17, 15) is 20.4 Å². The lowest BCUT2D eigenvalue weighted by molar-refractivity contribution is -0.0550. The first-order chi connectivity index (χ1) is 22.3. The lowest BCUT2D eigenvalue weighted by atomic mass is 9.72. The highest BCUT2D eigenvalue weighted by molar-refractivity contribution is 6.03. The summed E-state index contributed by atoms with van der Waals surface area (Å²) in [4.78, 5) is 4.96. The standard InChI is InChI=1S/C37H55N3O6/c1-4-5-9-35-26(21-41)17-27(46-35)13-10-24-11-15-33(43)36(16-24)45-22-34(44)31-18-29-30(40-31)14-12-25-7-6-8-28(25)37(29)32(20-38-3)39-19-23(2)42/h11,15-18,23,25,28,32,34-35,37-39,41-42,44,46H,4-10,12-14,19-22H2,1-3H3/p+1. The second-order valence-electron chi connectivity index (χ2n) is 13.7. The summed E-state index contributed by atoms with van der Waals surface area (Å²) >= 11 is 0. The Morgan fingerprint density at radius 3 is 2.80 bits per heavy atom. The van der Waals surface area contributed by atoms with E-state index in [1.807, 2.05) is 32.2 Å². The minimum Gasteiger partial charge on any atom is -0.504 e. The largest absolute Gasteiger partial charge is 0.504 e. The molecule has 7 unspecified atom stereocenters. The Balaban J connectivity index is 1.22. The van der Waals surface area contributed by atoms with Gasteiger partial charge in [0.25, 0.3) is 0 Å². The maximum Gasteiger partial charge on any atom is 0.208 e. The molecule has 9 heteroatoms. The van der Waals surface area contributed by atoms with Crippen LogP contribution in [0.5, 0.6) is 11.5 Å². The summed E-state index contributed by atoms with van der Waals surface area (Å²) in [7, 11) is 1.97. The number of aliphatic hydroxyl groups excluding tert-OH is 3. The third-order valence-electron chi connectivity index (χ3n) is 10.3. The van der Waals surface area contributed by atoms with Crippen LogP contribution in [0.1, 0.15) is 77.2 Å². The number of likely N-dealkylation sites (N-methyl/N-ethyl adjacent to an activating group) is 1. The van der Waals surface area contributed by atoms with Crippen molar-refractivity contribution < 1.29 is 29.9 Å². The number of phenols is 1. The van der Waals surface area contributed by atoms with Crippen molar-refractivity contribution in [2.45, 2.75) is 102 Å². The molecule has 2 aliphatic heterocycles. The Labute approximate surface area is 275 Å². The molecule has 7 N–H and O–H groups in total. The first kappa shape index (κ1) is 34.8. The SMILES string of the molecule is CCCCC1[OH+][C-](CCc2ccc(O)c(OCC(O)C3=C[C+]4C(=N3)CCC3CCCC3C4C(CNC)NCC(C)O)c2)C=C1CO. The van der Waals surface area contributed by atoms with Crippen molar-refractivity contribution in [3.63, 3.8) is 0 Å². The first-order valence-electron chi connectivity index (χ1n) is 17.5. The molecule has 46 heavy (non-hydrogen) atoms. The van der Waals surface area contributed by atoms with Gasteiger partial charge in [-0.1, -0.05) is 32.3 Å². The number of allylic oxidation sites excluding steroid dienone is 1. The Morgan fingerprint density at radius 2 is 2.04 bits per heavy atom. The lowest BCUT2D eigenvalue weighted by Crippen LogP contribution is -2.50. The molecule has 0 radical (unpaired) electrons. The highest BCUT2D eigenvalue weighted by Crippen LogP contribution is 2.49. The van der Waals surface area contributed by atoms with E-state index in [2.05, 4.69) is 23.6 Å². The van der Waals surface area contributed by atoms with Gasteiger partial charge in [0.1, 0.15) is 30.4 Å². The zero-order valence-corrected chi connectivity index (χ0v) is 27.9. The van der Waals surface area contributed by atoms with E-state index in [1.165, 1.54) is 25.2 Å². The molecular formula is C37H56N3O6+. The summed E-state index contributed by atoms with van der Waals surface area (Å²) < 4.78 is 10.8. The summed E-state index contributed by atoms with van der Waals surface area (Å²) in [5, 5.41) is 48.6. The number of ether oxygens (including phenoxy) is 2. The zero-order valence-electron chi connectivity index (χ0n) is 27.9. The van der Waals surface area contributed by atoms with Crippen LogP contribution in [0.25, 0.3) is 0 Å². The Hall–Kier alpha value is -2.53. The van der Waals surface area contributed by atoms with Crippen LogP contribution >= 0.6 is 0 Å². The van der Waals surface area contributed by atoms with Crippen molar-refractivity contribution in [3.05, 3.63) is 59.2 Å². The minimum atomic E-state index is -0.932. The van der Waals surface area contributed by atoms with E-state index in [4.69, 9.17) is 14.5 Å². The number of phenolic OH excluding ortho intramolecular Hbond substituents is 1. The second kappa shape index (κ2) is 16.5. The van der Waals surface area contributed by atoms with E-state index >= 15 is 0 Å². The molecule has 1 aromatic carbocycles. The third-order valence-corrected chi connectivity index (χ3v) is 10.3. The average Bonchev–Trinajstić information content (AvgIpc) is 3.77. The van der Waals surface area contributed by atoms with Crippen LogP contribution < -0.4 is 15.4 Å². The van der Waals surface area contributed by atoms with Crippen molar-refractivity contribution in [1.29, 1.82) is 0 Å². The van der Waals surface area contributed by atoms with Crippen LogP contribution in [-0.4, -0.2) is 88.6 Å². The highest BCUT2D eigenvalue weighted by Gasteiger charge is 2.52. The van der Waals surface area contributed by atoms with Crippen molar-refractivity contribution >= 4 is 5.71 Å². The monoisotopic (exact) mass is 638 g/mol. The smallest absolute Gasteiger partial charge is 0.208 e. The van der Waals surface area contributed by atoms with Gasteiger partial charge in [-0.05, 0) is 75.6 Å². The Kier molecular flexibility index (Phi) is 12.5. The van der Waals surface area contributed by atoms with Gasteiger partial charge in [0.05, 0.1) is 18.1 Å². The van der Waals surface area contributed by atoms with Gasteiger partial charge in [0.15, 0.2) is 17.6 Å². The summed E-state index contributed by atoms with van der Waals surface area (Å²) in [6, 6.07) is 5.51. The number of nitrogens with one attached hydrogen (secondary N) is 2. The van der Waals surface area contributed by atoms with Crippen molar-refractivity contribution in [2.24, 2.45) is 22.7 Å². The number of benzene rings is 1. The fraction of sp³-hybridized carbons (Fsp3) is 0.649. The average molecular weight is 639 g/mol. The number of hydrogen-bond acceptors (Lipinski definition) is 8. The van der Waals surface area contributed by atoms with E-state index < -0.39 is 12.2 Å². The number of aliphatic imine (C=N–C) groups is 1. The Bertz CT molecular complexity index is 1230. The molecule has 2 aliphatic carbocycles. The Morgan fingerprint density at radius 1 is 1.20 bits per heavy atom. The van der Waals surface area contributed by atoms with Gasteiger partial charge in [-0.25, -0.2) is 0 Å². The molecule has 254 valence electrons. The number of nitrogens with zero attached hydrogens (tertiary/aromatic N) is 1. The quantitative estimate of drug-likeness (QED) is 0.112. The number of fused-ring (bicyclic) bond motifs is 2. The van der Waals surface area contributed by atoms with Gasteiger partial charge in [-0.2, -0.15) is 0 Å². The second-order valence-corrected chi connectivity index (χ2v) is 13.7. The van der Waals surface area contributed by atoms with Crippen LogP contribution in [0, 0.1) is 29.8 Å². The van der Waals surface area contributed by atoms with Gasteiger partial charge < -0.3 is 40.5 Å². The van der Waals surface area contributed by atoms with E-state index in [1.54, 1.807) is 6.07 Å². The molecule has 0 amide bonds. The number of aliphatic hydroxyl groups is 5. The van der Waals surface area contributed by atoms with E-state index in [0.29, 0.717) is 29.8 Å². The summed E-state index contributed by atoms with van der Waals surface area (Å²) in [6.45, 7) is 5.32. The molecule has 2 heterocycles.